The Morgan fingerprint density at radius 3 is 2.55 bits per heavy atom. The van der Waals surface area contributed by atoms with E-state index in [-0.39, 0.29) is 11.4 Å². The number of para-hydroxylation sites is 1. The van der Waals surface area contributed by atoms with Crippen LogP contribution in [-0.2, 0) is 0 Å². The third kappa shape index (κ3) is 4.04. The lowest BCUT2D eigenvalue weighted by molar-refractivity contribution is 0.0955. The number of likely N-dealkylation sites (N-methyl/N-ethyl adjacent to an activating group) is 1. The van der Waals surface area contributed by atoms with Gasteiger partial charge in [0.05, 0.1) is 23.0 Å². The van der Waals surface area contributed by atoms with Crippen molar-refractivity contribution in [3.8, 4) is 5.69 Å². The summed E-state index contributed by atoms with van der Waals surface area (Å²) in [4.78, 5) is 15.1. The predicted molar refractivity (Wildman–Crippen MR) is 128 cm³/mol. The summed E-state index contributed by atoms with van der Waals surface area (Å²) in [6.45, 7) is 9.73. The molecule has 0 atom stereocenters. The zero-order valence-corrected chi connectivity index (χ0v) is 18.5. The molecule has 0 radical (unpaired) electrons. The first-order valence-corrected chi connectivity index (χ1v) is 10.6. The molecule has 0 unspecified atom stereocenters. The molecule has 3 aromatic rings. The van der Waals surface area contributed by atoms with Gasteiger partial charge < -0.3 is 9.47 Å². The summed E-state index contributed by atoms with van der Waals surface area (Å²) in [6.07, 6.45) is 7.83. The number of benzene rings is 2. The molecule has 158 valence electrons. The number of hydrogen-bond acceptors (Lipinski definition) is 3. The van der Waals surface area contributed by atoms with E-state index < -0.39 is 0 Å². The van der Waals surface area contributed by atoms with Crippen LogP contribution in [0.15, 0.2) is 78.2 Å². The van der Waals surface area contributed by atoms with E-state index in [0.717, 1.165) is 17.8 Å². The second-order valence-electron chi connectivity index (χ2n) is 8.31. The van der Waals surface area contributed by atoms with E-state index in [0.29, 0.717) is 5.56 Å². The number of allylic oxidation sites excluding steroid dienone is 1. The molecule has 0 saturated heterocycles. The van der Waals surface area contributed by atoms with Crippen LogP contribution in [-0.4, -0.2) is 28.8 Å². The largest absolute Gasteiger partial charge is 0.363 e. The van der Waals surface area contributed by atoms with Gasteiger partial charge in [-0.1, -0.05) is 24.3 Å². The number of hydrazone groups is 1. The van der Waals surface area contributed by atoms with Gasteiger partial charge in [-0.2, -0.15) is 5.10 Å². The maximum Gasteiger partial charge on any atom is 0.273 e. The van der Waals surface area contributed by atoms with Crippen molar-refractivity contribution < 1.29 is 4.79 Å². The molecule has 0 aliphatic carbocycles. The van der Waals surface area contributed by atoms with Crippen LogP contribution in [0.3, 0.4) is 0 Å². The lowest BCUT2D eigenvalue weighted by atomic mass is 9.88. The standard InChI is InChI=1S/C26H28N4O/c1-5-30-24-13-12-20(16-22(24)19(2)17-26(30,3)4)18-27-28-25(31)21-10-6-7-11-23(21)29-14-8-9-15-29/h6-18H,5H2,1-4H3,(H,28,31)/b27-18-. The van der Waals surface area contributed by atoms with Crippen LogP contribution in [0.25, 0.3) is 11.3 Å². The smallest absolute Gasteiger partial charge is 0.273 e. The molecule has 0 fully saturated rings. The second-order valence-corrected chi connectivity index (χ2v) is 8.31. The van der Waals surface area contributed by atoms with E-state index in [2.05, 4.69) is 61.3 Å². The Hall–Kier alpha value is -3.60. The van der Waals surface area contributed by atoms with Crippen molar-refractivity contribution in [2.45, 2.75) is 33.2 Å². The monoisotopic (exact) mass is 412 g/mol. The van der Waals surface area contributed by atoms with Gasteiger partial charge in [0.2, 0.25) is 0 Å². The van der Waals surface area contributed by atoms with Gasteiger partial charge in [-0.25, -0.2) is 5.43 Å². The van der Waals surface area contributed by atoms with Crippen LogP contribution in [0.4, 0.5) is 5.69 Å². The topological polar surface area (TPSA) is 49.6 Å². The number of carbonyl (C=O) groups is 1. The van der Waals surface area contributed by atoms with Gasteiger partial charge in [0, 0.05) is 30.2 Å². The Kier molecular flexibility index (Phi) is 5.51. The average molecular weight is 413 g/mol. The van der Waals surface area contributed by atoms with Crippen LogP contribution in [0, 0.1) is 0 Å². The minimum Gasteiger partial charge on any atom is -0.363 e. The summed E-state index contributed by atoms with van der Waals surface area (Å²) >= 11 is 0. The minimum absolute atomic E-state index is 0.0114. The van der Waals surface area contributed by atoms with E-state index >= 15 is 0 Å². The Morgan fingerprint density at radius 1 is 1.06 bits per heavy atom. The summed E-state index contributed by atoms with van der Waals surface area (Å²) in [5.41, 5.74) is 8.68. The fraction of sp³-hybridized carbons (Fsp3) is 0.231. The molecular formula is C26H28N4O. The molecule has 1 aliphatic rings. The lowest BCUT2D eigenvalue weighted by Crippen LogP contribution is -2.44. The molecule has 1 N–H and O–H groups in total. The van der Waals surface area contributed by atoms with Gasteiger partial charge in [0.1, 0.15) is 0 Å². The molecule has 2 heterocycles. The Morgan fingerprint density at radius 2 is 1.81 bits per heavy atom. The molecule has 1 amide bonds. The molecule has 5 nitrogen and oxygen atoms in total. The number of fused-ring (bicyclic) bond motifs is 1. The van der Waals surface area contributed by atoms with Crippen molar-refractivity contribution in [2.24, 2.45) is 5.10 Å². The maximum atomic E-state index is 12.7. The first-order chi connectivity index (χ1) is 14.9. The van der Waals surface area contributed by atoms with Crippen molar-refractivity contribution in [3.05, 3.63) is 89.8 Å². The molecule has 2 aromatic carbocycles. The molecule has 1 aromatic heterocycles. The van der Waals surface area contributed by atoms with Gasteiger partial charge in [-0.15, -0.1) is 0 Å². The van der Waals surface area contributed by atoms with E-state index in [1.807, 2.05) is 53.4 Å². The third-order valence-corrected chi connectivity index (χ3v) is 5.73. The summed E-state index contributed by atoms with van der Waals surface area (Å²) in [5, 5.41) is 4.22. The van der Waals surface area contributed by atoms with Crippen LogP contribution in [0.5, 0.6) is 0 Å². The van der Waals surface area contributed by atoms with Gasteiger partial charge in [0.15, 0.2) is 0 Å². The van der Waals surface area contributed by atoms with Gasteiger partial charge >= 0.3 is 0 Å². The average Bonchev–Trinajstić information content (AvgIpc) is 3.28. The Balaban J connectivity index is 1.54. The maximum absolute atomic E-state index is 12.7. The molecular weight excluding hydrogens is 384 g/mol. The molecule has 0 bridgehead atoms. The van der Waals surface area contributed by atoms with Crippen molar-refractivity contribution in [1.29, 1.82) is 0 Å². The fourth-order valence-electron chi connectivity index (χ4n) is 4.37. The predicted octanol–water partition coefficient (Wildman–Crippen LogP) is 5.26. The summed E-state index contributed by atoms with van der Waals surface area (Å²) in [5.74, 6) is -0.242. The number of anilines is 1. The number of amides is 1. The highest BCUT2D eigenvalue weighted by Gasteiger charge is 2.29. The SMILES string of the molecule is CCN1c2ccc(/C=N\NC(=O)c3ccccc3-n3cccc3)cc2C(C)=CC1(C)C. The number of hydrogen-bond donors (Lipinski definition) is 1. The normalized spacial score (nSPS) is 15.0. The molecule has 1 aliphatic heterocycles. The molecule has 5 heteroatoms. The van der Waals surface area contributed by atoms with Crippen molar-refractivity contribution in [2.75, 3.05) is 11.4 Å². The number of aromatic nitrogens is 1. The second kappa shape index (κ2) is 8.26. The molecule has 31 heavy (non-hydrogen) atoms. The van der Waals surface area contributed by atoms with E-state index in [1.165, 1.54) is 16.8 Å². The van der Waals surface area contributed by atoms with Gasteiger partial charge in [-0.3, -0.25) is 4.79 Å². The van der Waals surface area contributed by atoms with Crippen molar-refractivity contribution in [1.82, 2.24) is 9.99 Å². The quantitative estimate of drug-likeness (QED) is 0.459. The van der Waals surface area contributed by atoms with Crippen LogP contribution in [0.1, 0.15) is 49.2 Å². The Bertz CT molecular complexity index is 1160. The van der Waals surface area contributed by atoms with Crippen molar-refractivity contribution in [3.63, 3.8) is 0 Å². The zero-order valence-electron chi connectivity index (χ0n) is 18.5. The molecule has 0 spiro atoms. The third-order valence-electron chi connectivity index (χ3n) is 5.73. The molecule has 0 saturated carbocycles. The van der Waals surface area contributed by atoms with Crippen molar-refractivity contribution >= 4 is 23.4 Å². The summed E-state index contributed by atoms with van der Waals surface area (Å²) in [7, 11) is 0. The molecule has 4 rings (SSSR count). The summed E-state index contributed by atoms with van der Waals surface area (Å²) in [6, 6.07) is 17.7. The highest BCUT2D eigenvalue weighted by Crippen LogP contribution is 2.38. The minimum atomic E-state index is -0.242. The number of nitrogens with one attached hydrogen (secondary N) is 1. The highest BCUT2D eigenvalue weighted by molar-refractivity contribution is 5.98. The van der Waals surface area contributed by atoms with E-state index in [1.54, 1.807) is 12.3 Å². The number of rotatable bonds is 5. The summed E-state index contributed by atoms with van der Waals surface area (Å²) < 4.78 is 1.91. The number of carbonyl (C=O) groups excluding carboxylic acids is 1. The van der Waals surface area contributed by atoms with E-state index in [9.17, 15) is 4.79 Å². The number of nitrogens with zero attached hydrogens (tertiary/aromatic N) is 3. The van der Waals surface area contributed by atoms with Crippen LogP contribution >= 0.6 is 0 Å². The zero-order chi connectivity index (χ0) is 22.0. The van der Waals surface area contributed by atoms with E-state index in [4.69, 9.17) is 0 Å². The Labute approximate surface area is 183 Å². The van der Waals surface area contributed by atoms with Gasteiger partial charge in [-0.05, 0) is 75.2 Å². The lowest BCUT2D eigenvalue weighted by Gasteiger charge is -2.42. The fourth-order valence-corrected chi connectivity index (χ4v) is 4.37. The van der Waals surface area contributed by atoms with Crippen LogP contribution < -0.4 is 10.3 Å². The van der Waals surface area contributed by atoms with Gasteiger partial charge in [0.25, 0.3) is 5.91 Å². The first kappa shape index (κ1) is 20.7. The highest BCUT2D eigenvalue weighted by atomic mass is 16.2. The first-order valence-electron chi connectivity index (χ1n) is 10.6. The van der Waals surface area contributed by atoms with Crippen LogP contribution in [0.2, 0.25) is 0 Å².